The highest BCUT2D eigenvalue weighted by atomic mass is 35.5. The van der Waals surface area contributed by atoms with E-state index in [0.717, 1.165) is 12.1 Å². The molecule has 5 rings (SSSR count). The van der Waals surface area contributed by atoms with Crippen LogP contribution in [0.15, 0.2) is 66.2 Å². The fourth-order valence-corrected chi connectivity index (χ4v) is 5.24. The van der Waals surface area contributed by atoms with Crippen LogP contribution in [0.4, 0.5) is 26.0 Å². The molecule has 0 bridgehead atoms. The molecule has 0 aliphatic rings. The van der Waals surface area contributed by atoms with Crippen LogP contribution in [0.25, 0.3) is 22.4 Å². The van der Waals surface area contributed by atoms with E-state index >= 15 is 4.39 Å². The Hall–Kier alpha value is -3.87. The van der Waals surface area contributed by atoms with Gasteiger partial charge in [0.1, 0.15) is 39.8 Å². The predicted molar refractivity (Wildman–Crippen MR) is 132 cm³/mol. The van der Waals surface area contributed by atoms with E-state index in [4.69, 9.17) is 23.2 Å². The molecule has 182 valence electrons. The number of nitrogens with one attached hydrogen (secondary N) is 3. The highest BCUT2D eigenvalue weighted by Crippen LogP contribution is 2.35. The maximum Gasteiger partial charge on any atom is 0.263 e. The molecule has 0 atom stereocenters. The van der Waals surface area contributed by atoms with E-state index in [9.17, 15) is 12.8 Å². The van der Waals surface area contributed by atoms with Crippen molar-refractivity contribution in [3.8, 4) is 11.3 Å². The molecule has 14 heteroatoms. The number of nitrogens with zero attached hydrogens (tertiary/aromatic N) is 4. The summed E-state index contributed by atoms with van der Waals surface area (Å²) in [7, 11) is -4.36. The first-order chi connectivity index (χ1) is 17.3. The van der Waals surface area contributed by atoms with Crippen molar-refractivity contribution >= 4 is 61.6 Å². The van der Waals surface area contributed by atoms with Crippen molar-refractivity contribution in [2.45, 2.75) is 4.90 Å². The lowest BCUT2D eigenvalue weighted by Crippen LogP contribution is -2.15. The monoisotopic (exact) mass is 547 g/mol. The lowest BCUT2D eigenvalue weighted by molar-refractivity contribution is 0.588. The summed E-state index contributed by atoms with van der Waals surface area (Å²) in [5, 5.41) is 2.37. The average Bonchev–Trinajstić information content (AvgIpc) is 3.35. The molecule has 0 saturated heterocycles. The van der Waals surface area contributed by atoms with Gasteiger partial charge in [-0.3, -0.25) is 4.72 Å². The van der Waals surface area contributed by atoms with Gasteiger partial charge in [-0.2, -0.15) is 0 Å². The number of hydrogen-bond acceptors (Lipinski definition) is 7. The quantitative estimate of drug-likeness (QED) is 0.254. The summed E-state index contributed by atoms with van der Waals surface area (Å²) in [6.07, 6.45) is 4.16. The molecular weight excluding hydrogens is 535 g/mol. The first-order valence-corrected chi connectivity index (χ1v) is 12.3. The molecular formula is C22H13Cl2F2N7O2S. The molecule has 2 aromatic carbocycles. The highest BCUT2D eigenvalue weighted by Gasteiger charge is 2.24. The first kappa shape index (κ1) is 23.9. The minimum Gasteiger partial charge on any atom is -0.335 e. The summed E-state index contributed by atoms with van der Waals surface area (Å²) >= 11 is 11.9. The van der Waals surface area contributed by atoms with Crippen molar-refractivity contribution in [3.05, 3.63) is 83.0 Å². The Balaban J connectivity index is 1.54. The zero-order chi connectivity index (χ0) is 25.4. The van der Waals surface area contributed by atoms with Gasteiger partial charge in [0.15, 0.2) is 11.5 Å². The summed E-state index contributed by atoms with van der Waals surface area (Å²) in [5.41, 5.74) is 0.471. The number of aromatic amines is 1. The molecule has 0 unspecified atom stereocenters. The Labute approximate surface area is 212 Å². The lowest BCUT2D eigenvalue weighted by Gasteiger charge is -2.15. The number of rotatable bonds is 6. The molecule has 0 radical (unpaired) electrons. The summed E-state index contributed by atoms with van der Waals surface area (Å²) < 4.78 is 57.9. The molecule has 3 aromatic heterocycles. The largest absolute Gasteiger partial charge is 0.335 e. The molecule has 0 aliphatic heterocycles. The van der Waals surface area contributed by atoms with E-state index in [-0.39, 0.29) is 20.8 Å². The third-order valence-corrected chi connectivity index (χ3v) is 7.40. The number of hydrogen-bond donors (Lipinski definition) is 3. The molecule has 0 amide bonds. The van der Waals surface area contributed by atoms with Gasteiger partial charge >= 0.3 is 0 Å². The van der Waals surface area contributed by atoms with Gasteiger partial charge in [-0.1, -0.05) is 29.3 Å². The fourth-order valence-electron chi connectivity index (χ4n) is 3.41. The van der Waals surface area contributed by atoms with Gasteiger partial charge < -0.3 is 10.3 Å². The van der Waals surface area contributed by atoms with Crippen LogP contribution in [0.5, 0.6) is 0 Å². The molecule has 5 aromatic rings. The number of aromatic nitrogens is 5. The lowest BCUT2D eigenvalue weighted by atomic mass is 10.1. The number of halogens is 4. The Morgan fingerprint density at radius 2 is 1.78 bits per heavy atom. The van der Waals surface area contributed by atoms with Crippen LogP contribution in [0.2, 0.25) is 10.0 Å². The molecule has 0 fully saturated rings. The Morgan fingerprint density at radius 3 is 2.61 bits per heavy atom. The van der Waals surface area contributed by atoms with Crippen LogP contribution in [0.3, 0.4) is 0 Å². The molecule has 3 heterocycles. The van der Waals surface area contributed by atoms with E-state index in [2.05, 4.69) is 35.0 Å². The number of H-pyrrole nitrogens is 1. The van der Waals surface area contributed by atoms with Crippen LogP contribution in [0, 0.1) is 11.6 Å². The average molecular weight is 548 g/mol. The van der Waals surface area contributed by atoms with Crippen molar-refractivity contribution in [1.29, 1.82) is 0 Å². The van der Waals surface area contributed by atoms with E-state index in [0.29, 0.717) is 22.4 Å². The van der Waals surface area contributed by atoms with Crippen LogP contribution in [0.1, 0.15) is 0 Å². The van der Waals surface area contributed by atoms with E-state index in [1.54, 1.807) is 12.1 Å². The molecule has 0 saturated carbocycles. The summed E-state index contributed by atoms with van der Waals surface area (Å²) in [5.74, 6) is -2.14. The molecule has 3 N–H and O–H groups in total. The molecule has 9 nitrogen and oxygen atoms in total. The fraction of sp³-hybridized carbons (Fsp3) is 0. The van der Waals surface area contributed by atoms with Crippen molar-refractivity contribution in [2.24, 2.45) is 0 Å². The summed E-state index contributed by atoms with van der Waals surface area (Å²) in [6, 6.07) is 9.09. The second kappa shape index (κ2) is 9.30. The SMILES string of the molecule is O=S(=O)(Nc1ccc(F)c(Nc2ncccc2-c2ncnc3[nH]cnc23)c1F)c1cccc(Cl)c1Cl. The number of fused-ring (bicyclic) bond motifs is 1. The predicted octanol–water partition coefficient (Wildman–Crippen LogP) is 5.54. The van der Waals surface area contributed by atoms with Gasteiger partial charge in [0.25, 0.3) is 10.0 Å². The second-order valence-electron chi connectivity index (χ2n) is 7.29. The summed E-state index contributed by atoms with van der Waals surface area (Å²) in [6.45, 7) is 0. The smallest absolute Gasteiger partial charge is 0.263 e. The van der Waals surface area contributed by atoms with Gasteiger partial charge in [0, 0.05) is 11.8 Å². The maximum absolute atomic E-state index is 15.4. The standard InChI is InChI=1S/C22H13Cl2F2N7O2S/c23-12-4-1-5-15(16(12)24)36(34,35)33-14-7-6-13(25)19(17(14)26)32-21-11(3-2-8-27-21)18-20-22(30-9-28-18)31-10-29-20/h1-10,33H,(H,27,32)(H,28,29,30,31). The number of imidazole rings is 1. The van der Waals surface area contributed by atoms with Crippen LogP contribution in [-0.2, 0) is 10.0 Å². The second-order valence-corrected chi connectivity index (χ2v) is 9.72. The van der Waals surface area contributed by atoms with Gasteiger partial charge in [-0.05, 0) is 36.4 Å². The van der Waals surface area contributed by atoms with Crippen molar-refractivity contribution < 1.29 is 17.2 Å². The van der Waals surface area contributed by atoms with Gasteiger partial charge in [0.2, 0.25) is 0 Å². The van der Waals surface area contributed by atoms with E-state index < -0.39 is 33.0 Å². The van der Waals surface area contributed by atoms with Crippen molar-refractivity contribution in [1.82, 2.24) is 24.9 Å². The maximum atomic E-state index is 15.4. The van der Waals surface area contributed by atoms with Crippen LogP contribution < -0.4 is 10.0 Å². The normalized spacial score (nSPS) is 11.6. The first-order valence-electron chi connectivity index (χ1n) is 10.1. The topological polar surface area (TPSA) is 126 Å². The molecule has 0 aliphatic carbocycles. The van der Waals surface area contributed by atoms with Gasteiger partial charge in [-0.25, -0.2) is 37.1 Å². The Morgan fingerprint density at radius 1 is 0.944 bits per heavy atom. The molecule has 0 spiro atoms. The zero-order valence-electron chi connectivity index (χ0n) is 17.8. The van der Waals surface area contributed by atoms with Gasteiger partial charge in [0.05, 0.1) is 22.1 Å². The number of anilines is 3. The zero-order valence-corrected chi connectivity index (χ0v) is 20.1. The van der Waals surface area contributed by atoms with Crippen molar-refractivity contribution in [2.75, 3.05) is 10.0 Å². The third kappa shape index (κ3) is 4.30. The Bertz CT molecular complexity index is 1730. The van der Waals surface area contributed by atoms with E-state index in [1.807, 2.05) is 0 Å². The number of benzene rings is 2. The third-order valence-electron chi connectivity index (χ3n) is 5.06. The van der Waals surface area contributed by atoms with Crippen LogP contribution in [-0.4, -0.2) is 33.3 Å². The number of pyridine rings is 1. The molecule has 36 heavy (non-hydrogen) atoms. The minimum absolute atomic E-state index is 0.0000942. The number of sulfonamides is 1. The van der Waals surface area contributed by atoms with Crippen molar-refractivity contribution in [3.63, 3.8) is 0 Å². The van der Waals surface area contributed by atoms with Gasteiger partial charge in [-0.15, -0.1) is 0 Å². The summed E-state index contributed by atoms with van der Waals surface area (Å²) in [4.78, 5) is 19.2. The minimum atomic E-state index is -4.36. The van der Waals surface area contributed by atoms with E-state index in [1.165, 1.54) is 37.1 Å². The highest BCUT2D eigenvalue weighted by molar-refractivity contribution is 7.92. The van der Waals surface area contributed by atoms with Crippen LogP contribution >= 0.6 is 23.2 Å². The Kier molecular flexibility index (Phi) is 6.16.